The van der Waals surface area contributed by atoms with Crippen molar-refractivity contribution in [2.75, 3.05) is 0 Å². The van der Waals surface area contributed by atoms with Gasteiger partial charge < -0.3 is 0 Å². The van der Waals surface area contributed by atoms with Crippen molar-refractivity contribution in [2.45, 2.75) is 103 Å². The van der Waals surface area contributed by atoms with Crippen LogP contribution in [-0.4, -0.2) is 0 Å². The number of hydrogen-bond acceptors (Lipinski definition) is 0. The summed E-state index contributed by atoms with van der Waals surface area (Å²) < 4.78 is 2.29. The second kappa shape index (κ2) is 20.4. The van der Waals surface area contributed by atoms with Gasteiger partial charge in [0, 0.05) is 18.6 Å². The monoisotopic (exact) mass is 360 g/mol. The average molecular weight is 361 g/mol. The molecular weight excluding hydrogens is 321 g/mol. The Hall–Kier alpha value is -0.630. The SMILES string of the molecule is CCCCCCCCCCCCCCCC[n+]1ccccc1.Cl.F. The molecule has 0 saturated carbocycles. The minimum Gasteiger partial charge on any atom is -0.269 e. The van der Waals surface area contributed by atoms with Crippen LogP contribution in [0, 0.1) is 0 Å². The van der Waals surface area contributed by atoms with E-state index in [0.717, 1.165) is 0 Å². The number of unbranched alkanes of at least 4 members (excludes halogenated alkanes) is 13. The highest BCUT2D eigenvalue weighted by atomic mass is 35.5. The van der Waals surface area contributed by atoms with Gasteiger partial charge in [0.25, 0.3) is 0 Å². The summed E-state index contributed by atoms with van der Waals surface area (Å²) in [5.41, 5.74) is 0. The Morgan fingerprint density at radius 1 is 0.542 bits per heavy atom. The molecule has 0 bridgehead atoms. The van der Waals surface area contributed by atoms with Gasteiger partial charge in [-0.25, -0.2) is 4.57 Å². The number of aryl methyl sites for hydroxylation is 1. The van der Waals surface area contributed by atoms with E-state index in [0.29, 0.717) is 0 Å². The Balaban J connectivity index is 0. The fourth-order valence-corrected chi connectivity index (χ4v) is 3.07. The van der Waals surface area contributed by atoms with Gasteiger partial charge in [-0.1, -0.05) is 90.0 Å². The van der Waals surface area contributed by atoms with Crippen LogP contribution in [0.2, 0.25) is 0 Å². The summed E-state index contributed by atoms with van der Waals surface area (Å²) in [7, 11) is 0. The molecule has 1 nitrogen and oxygen atoms in total. The lowest BCUT2D eigenvalue weighted by Crippen LogP contribution is -2.32. The Bertz CT molecular complexity index is 332. The highest BCUT2D eigenvalue weighted by Crippen LogP contribution is 2.12. The summed E-state index contributed by atoms with van der Waals surface area (Å²) in [6.45, 7) is 3.47. The Kier molecular flexibility index (Phi) is 21.8. The third-order valence-corrected chi connectivity index (χ3v) is 4.55. The van der Waals surface area contributed by atoms with E-state index in [1.165, 1.54) is 96.4 Å². The first-order chi connectivity index (χ1) is 10.9. The minimum atomic E-state index is 0. The number of nitrogens with zero attached hydrogens (tertiary/aromatic N) is 1. The van der Waals surface area contributed by atoms with Crippen LogP contribution in [0.4, 0.5) is 4.70 Å². The maximum atomic E-state index is 2.29. The van der Waals surface area contributed by atoms with Gasteiger partial charge in [0.15, 0.2) is 12.4 Å². The maximum absolute atomic E-state index is 2.29. The van der Waals surface area contributed by atoms with E-state index in [9.17, 15) is 0 Å². The molecule has 1 heterocycles. The molecule has 1 aromatic rings. The van der Waals surface area contributed by atoms with Gasteiger partial charge in [-0.3, -0.25) is 4.70 Å². The Labute approximate surface area is 156 Å². The summed E-state index contributed by atoms with van der Waals surface area (Å²) in [4.78, 5) is 0. The highest BCUT2D eigenvalue weighted by molar-refractivity contribution is 5.85. The van der Waals surface area contributed by atoms with Crippen LogP contribution in [0.3, 0.4) is 0 Å². The first-order valence-corrected chi connectivity index (χ1v) is 9.87. The molecule has 24 heavy (non-hydrogen) atoms. The van der Waals surface area contributed by atoms with E-state index < -0.39 is 0 Å². The Morgan fingerprint density at radius 3 is 1.33 bits per heavy atom. The average Bonchev–Trinajstić information content (AvgIpc) is 2.56. The van der Waals surface area contributed by atoms with Gasteiger partial charge in [0.05, 0.1) is 0 Å². The number of aromatic nitrogens is 1. The van der Waals surface area contributed by atoms with Gasteiger partial charge in [-0.15, -0.1) is 12.4 Å². The summed E-state index contributed by atoms with van der Waals surface area (Å²) in [5.74, 6) is 0. The van der Waals surface area contributed by atoms with Gasteiger partial charge in [-0.05, 0) is 6.42 Å². The van der Waals surface area contributed by atoms with Crippen LogP contribution in [0.25, 0.3) is 0 Å². The van der Waals surface area contributed by atoms with Crippen LogP contribution >= 0.6 is 12.4 Å². The maximum Gasteiger partial charge on any atom is 0.168 e. The molecule has 3 heteroatoms. The molecule has 0 radical (unpaired) electrons. The molecule has 0 aliphatic carbocycles. The van der Waals surface area contributed by atoms with Crippen molar-refractivity contribution < 1.29 is 9.27 Å². The van der Waals surface area contributed by atoms with Crippen molar-refractivity contribution in [1.82, 2.24) is 0 Å². The van der Waals surface area contributed by atoms with Crippen LogP contribution in [0.5, 0.6) is 0 Å². The molecule has 0 atom stereocenters. The second-order valence-corrected chi connectivity index (χ2v) is 6.71. The van der Waals surface area contributed by atoms with Gasteiger partial charge >= 0.3 is 0 Å². The molecule has 0 fully saturated rings. The first-order valence-electron chi connectivity index (χ1n) is 9.87. The van der Waals surface area contributed by atoms with Gasteiger partial charge in [-0.2, -0.15) is 0 Å². The lowest BCUT2D eigenvalue weighted by atomic mass is 10.0. The van der Waals surface area contributed by atoms with Crippen molar-refractivity contribution in [3.63, 3.8) is 0 Å². The molecule has 1 aromatic heterocycles. The smallest absolute Gasteiger partial charge is 0.168 e. The van der Waals surface area contributed by atoms with Gasteiger partial charge in [0.1, 0.15) is 6.54 Å². The first kappa shape index (κ1) is 25.6. The molecule has 0 spiro atoms. The van der Waals surface area contributed by atoms with Crippen molar-refractivity contribution in [1.29, 1.82) is 0 Å². The van der Waals surface area contributed by atoms with E-state index in [2.05, 4.69) is 42.1 Å². The summed E-state index contributed by atoms with van der Waals surface area (Å²) in [5, 5.41) is 0. The molecule has 0 unspecified atom stereocenters. The van der Waals surface area contributed by atoms with E-state index in [1.54, 1.807) is 0 Å². The predicted octanol–water partition coefficient (Wildman–Crippen LogP) is 7.03. The lowest BCUT2D eigenvalue weighted by Gasteiger charge is -2.02. The van der Waals surface area contributed by atoms with E-state index >= 15 is 0 Å². The van der Waals surface area contributed by atoms with E-state index in [-0.39, 0.29) is 17.1 Å². The van der Waals surface area contributed by atoms with Gasteiger partial charge in [0.2, 0.25) is 0 Å². The zero-order valence-electron chi connectivity index (χ0n) is 15.8. The molecule has 1 rings (SSSR count). The third-order valence-electron chi connectivity index (χ3n) is 4.55. The summed E-state index contributed by atoms with van der Waals surface area (Å²) in [6.07, 6.45) is 24.4. The third kappa shape index (κ3) is 16.2. The zero-order valence-corrected chi connectivity index (χ0v) is 16.6. The van der Waals surface area contributed by atoms with E-state index in [1.807, 2.05) is 0 Å². The van der Waals surface area contributed by atoms with Crippen LogP contribution in [-0.2, 0) is 6.54 Å². The fourth-order valence-electron chi connectivity index (χ4n) is 3.07. The van der Waals surface area contributed by atoms with E-state index in [4.69, 9.17) is 0 Å². The standard InChI is InChI=1S/C21H38N.ClH.FH/c1-2-3-4-5-6-7-8-9-10-11-12-13-14-16-19-22-20-17-15-18-21-22;;/h15,17-18,20-21H,2-14,16,19H2,1H3;2*1H/q+1;;. The zero-order chi connectivity index (χ0) is 15.7. The molecule has 142 valence electrons. The molecule has 0 aromatic carbocycles. The fraction of sp³-hybridized carbons (Fsp3) is 0.762. The molecule has 0 aliphatic heterocycles. The highest BCUT2D eigenvalue weighted by Gasteiger charge is 1.98. The van der Waals surface area contributed by atoms with Crippen LogP contribution in [0.15, 0.2) is 30.6 Å². The van der Waals surface area contributed by atoms with Crippen molar-refractivity contribution in [3.05, 3.63) is 30.6 Å². The topological polar surface area (TPSA) is 3.88 Å². The predicted molar refractivity (Wildman–Crippen MR) is 107 cm³/mol. The van der Waals surface area contributed by atoms with Crippen LogP contribution in [0.1, 0.15) is 96.8 Å². The summed E-state index contributed by atoms with van der Waals surface area (Å²) >= 11 is 0. The normalized spacial score (nSPS) is 10.0. The molecule has 0 N–H and O–H groups in total. The van der Waals surface area contributed by atoms with Crippen LogP contribution < -0.4 is 4.57 Å². The number of hydrogen-bond donors (Lipinski definition) is 0. The number of halogens is 2. The molecule has 0 saturated heterocycles. The summed E-state index contributed by atoms with van der Waals surface area (Å²) in [6, 6.07) is 6.31. The Morgan fingerprint density at radius 2 is 0.917 bits per heavy atom. The van der Waals surface area contributed by atoms with Crippen molar-refractivity contribution >= 4 is 12.4 Å². The largest absolute Gasteiger partial charge is 0.269 e. The quantitative estimate of drug-likeness (QED) is 0.233. The molecule has 0 aliphatic rings. The number of pyridine rings is 1. The minimum absolute atomic E-state index is 0. The van der Waals surface area contributed by atoms with Crippen molar-refractivity contribution in [3.8, 4) is 0 Å². The molecule has 0 amide bonds. The second-order valence-electron chi connectivity index (χ2n) is 6.71. The van der Waals surface area contributed by atoms with Crippen molar-refractivity contribution in [2.24, 2.45) is 0 Å². The lowest BCUT2D eigenvalue weighted by molar-refractivity contribution is -0.697. The molecular formula is C21H40ClFN+. The number of rotatable bonds is 15.